The summed E-state index contributed by atoms with van der Waals surface area (Å²) in [4.78, 5) is 16.2. The molecular weight excluding hydrogens is 352 g/mol. The fourth-order valence-electron chi connectivity index (χ4n) is 2.67. The molecule has 0 bridgehead atoms. The molecule has 0 aliphatic heterocycles. The Kier molecular flexibility index (Phi) is 5.53. The molecule has 26 heavy (non-hydrogen) atoms. The summed E-state index contributed by atoms with van der Waals surface area (Å²) in [7, 11) is -3.65. The standard InChI is InChI=1S/C18H22N4O3S/c19-26(24,25)16-7-4-13(5-8-16)10-11-20-15-6-9-17(21-12-15)22-18(23)14-2-1-3-14/h4-9,12,14,20H,1-3,10-11H2,(H2,19,24,25)(H,21,22,23). The number of rotatable bonds is 7. The Hall–Kier alpha value is -2.45. The minimum absolute atomic E-state index is 0.0485. The van der Waals surface area contributed by atoms with E-state index in [1.54, 1.807) is 24.4 Å². The molecule has 1 aromatic carbocycles. The average Bonchev–Trinajstić information content (AvgIpc) is 2.54. The molecule has 4 N–H and O–H groups in total. The molecule has 0 spiro atoms. The van der Waals surface area contributed by atoms with E-state index in [0.29, 0.717) is 12.4 Å². The first kappa shape index (κ1) is 18.3. The van der Waals surface area contributed by atoms with Gasteiger partial charge in [0.15, 0.2) is 0 Å². The molecule has 1 aromatic heterocycles. The van der Waals surface area contributed by atoms with E-state index in [0.717, 1.165) is 36.9 Å². The smallest absolute Gasteiger partial charge is 0.238 e. The Balaban J connectivity index is 1.46. The van der Waals surface area contributed by atoms with E-state index in [2.05, 4.69) is 15.6 Å². The topological polar surface area (TPSA) is 114 Å². The van der Waals surface area contributed by atoms with Crippen LogP contribution in [0, 0.1) is 5.92 Å². The molecule has 1 fully saturated rings. The Morgan fingerprint density at radius 3 is 2.42 bits per heavy atom. The molecule has 0 unspecified atom stereocenters. The largest absolute Gasteiger partial charge is 0.383 e. The zero-order valence-corrected chi connectivity index (χ0v) is 15.1. The number of benzene rings is 1. The van der Waals surface area contributed by atoms with Gasteiger partial charge in [-0.15, -0.1) is 0 Å². The molecule has 2 aromatic rings. The highest BCUT2D eigenvalue weighted by Gasteiger charge is 2.25. The predicted octanol–water partition coefficient (Wildman–Crippen LogP) is 2.12. The Morgan fingerprint density at radius 1 is 1.15 bits per heavy atom. The van der Waals surface area contributed by atoms with Gasteiger partial charge in [0.25, 0.3) is 0 Å². The van der Waals surface area contributed by atoms with E-state index in [1.807, 2.05) is 6.07 Å². The summed E-state index contributed by atoms with van der Waals surface area (Å²) in [5, 5.41) is 11.2. The summed E-state index contributed by atoms with van der Waals surface area (Å²) in [6, 6.07) is 10.2. The van der Waals surface area contributed by atoms with Gasteiger partial charge in [0.1, 0.15) is 5.82 Å². The van der Waals surface area contributed by atoms with E-state index >= 15 is 0 Å². The van der Waals surface area contributed by atoms with Crippen molar-refractivity contribution in [2.75, 3.05) is 17.2 Å². The van der Waals surface area contributed by atoms with Crippen molar-refractivity contribution in [1.29, 1.82) is 0 Å². The van der Waals surface area contributed by atoms with Gasteiger partial charge in [0.2, 0.25) is 15.9 Å². The van der Waals surface area contributed by atoms with Crippen molar-refractivity contribution < 1.29 is 13.2 Å². The first-order valence-corrected chi connectivity index (χ1v) is 10.1. The fourth-order valence-corrected chi connectivity index (χ4v) is 3.18. The maximum absolute atomic E-state index is 11.9. The van der Waals surface area contributed by atoms with E-state index in [9.17, 15) is 13.2 Å². The van der Waals surface area contributed by atoms with Gasteiger partial charge >= 0.3 is 0 Å². The number of nitrogens with zero attached hydrogens (tertiary/aromatic N) is 1. The van der Waals surface area contributed by atoms with Crippen molar-refractivity contribution in [2.24, 2.45) is 11.1 Å². The van der Waals surface area contributed by atoms with Gasteiger partial charge < -0.3 is 10.6 Å². The van der Waals surface area contributed by atoms with Crippen molar-refractivity contribution in [3.63, 3.8) is 0 Å². The number of anilines is 2. The number of aromatic nitrogens is 1. The van der Waals surface area contributed by atoms with Crippen molar-refractivity contribution in [1.82, 2.24) is 4.98 Å². The van der Waals surface area contributed by atoms with Gasteiger partial charge in [-0.3, -0.25) is 4.79 Å². The van der Waals surface area contributed by atoms with E-state index in [-0.39, 0.29) is 16.7 Å². The summed E-state index contributed by atoms with van der Waals surface area (Å²) in [6.07, 6.45) is 5.46. The molecular formula is C18H22N4O3S. The zero-order valence-electron chi connectivity index (χ0n) is 14.3. The summed E-state index contributed by atoms with van der Waals surface area (Å²) in [6.45, 7) is 0.671. The molecule has 0 saturated heterocycles. The molecule has 8 heteroatoms. The lowest BCUT2D eigenvalue weighted by Crippen LogP contribution is -2.28. The Labute approximate surface area is 153 Å². The predicted molar refractivity (Wildman–Crippen MR) is 100 cm³/mol. The number of hydrogen-bond donors (Lipinski definition) is 3. The third-order valence-corrected chi connectivity index (χ3v) is 5.41. The average molecular weight is 374 g/mol. The molecule has 1 heterocycles. The highest BCUT2D eigenvalue weighted by molar-refractivity contribution is 7.89. The van der Waals surface area contributed by atoms with Crippen LogP contribution in [0.5, 0.6) is 0 Å². The molecule has 1 amide bonds. The maximum atomic E-state index is 11.9. The highest BCUT2D eigenvalue weighted by Crippen LogP contribution is 2.27. The van der Waals surface area contributed by atoms with E-state index in [1.165, 1.54) is 12.1 Å². The molecule has 1 aliphatic rings. The molecule has 3 rings (SSSR count). The summed E-state index contributed by atoms with van der Waals surface area (Å²) in [5.41, 5.74) is 1.86. The van der Waals surface area contributed by atoms with Crippen LogP contribution in [0.2, 0.25) is 0 Å². The number of carbonyl (C=O) groups is 1. The molecule has 0 radical (unpaired) electrons. The van der Waals surface area contributed by atoms with Crippen LogP contribution in [-0.2, 0) is 21.2 Å². The van der Waals surface area contributed by atoms with Crippen molar-refractivity contribution in [3.05, 3.63) is 48.2 Å². The van der Waals surface area contributed by atoms with Gasteiger partial charge in [-0.2, -0.15) is 0 Å². The van der Waals surface area contributed by atoms with Crippen LogP contribution in [0.25, 0.3) is 0 Å². The van der Waals surface area contributed by atoms with Crippen LogP contribution >= 0.6 is 0 Å². The summed E-state index contributed by atoms with van der Waals surface area (Å²) in [5.74, 6) is 0.744. The molecule has 0 atom stereocenters. The fraction of sp³-hybridized carbons (Fsp3) is 0.333. The number of nitrogens with two attached hydrogens (primary N) is 1. The van der Waals surface area contributed by atoms with Crippen LogP contribution in [0.3, 0.4) is 0 Å². The van der Waals surface area contributed by atoms with E-state index < -0.39 is 10.0 Å². The number of pyridine rings is 1. The third kappa shape index (κ3) is 4.80. The first-order chi connectivity index (χ1) is 12.4. The zero-order chi connectivity index (χ0) is 18.6. The second-order valence-corrected chi connectivity index (χ2v) is 7.98. The quantitative estimate of drug-likeness (QED) is 0.687. The van der Waals surface area contributed by atoms with Gasteiger partial charge in [-0.25, -0.2) is 18.5 Å². The summed E-state index contributed by atoms with van der Waals surface area (Å²) < 4.78 is 22.5. The van der Waals surface area contributed by atoms with Crippen molar-refractivity contribution in [3.8, 4) is 0 Å². The SMILES string of the molecule is NS(=O)(=O)c1ccc(CCNc2ccc(NC(=O)C3CCC3)nc2)cc1. The normalized spacial score (nSPS) is 14.5. The monoisotopic (exact) mass is 374 g/mol. The number of primary sulfonamides is 1. The van der Waals surface area contributed by atoms with Crippen molar-refractivity contribution >= 4 is 27.4 Å². The Bertz CT molecular complexity index is 860. The minimum Gasteiger partial charge on any atom is -0.383 e. The van der Waals surface area contributed by atoms with E-state index in [4.69, 9.17) is 5.14 Å². The second kappa shape index (κ2) is 7.84. The molecule has 1 saturated carbocycles. The lowest BCUT2D eigenvalue weighted by molar-refractivity contribution is -0.122. The lowest BCUT2D eigenvalue weighted by atomic mass is 9.85. The second-order valence-electron chi connectivity index (χ2n) is 6.41. The van der Waals surface area contributed by atoms with Gasteiger partial charge in [-0.05, 0) is 49.1 Å². The van der Waals surface area contributed by atoms with Crippen molar-refractivity contribution in [2.45, 2.75) is 30.6 Å². The van der Waals surface area contributed by atoms with Gasteiger partial charge in [0, 0.05) is 12.5 Å². The molecule has 138 valence electrons. The number of hydrogen-bond acceptors (Lipinski definition) is 5. The third-order valence-electron chi connectivity index (χ3n) is 4.49. The lowest BCUT2D eigenvalue weighted by Gasteiger charge is -2.23. The van der Waals surface area contributed by atoms with Crippen LogP contribution in [0.4, 0.5) is 11.5 Å². The number of sulfonamides is 1. The van der Waals surface area contributed by atoms with Crippen LogP contribution in [0.15, 0.2) is 47.5 Å². The van der Waals surface area contributed by atoms with Crippen LogP contribution in [0.1, 0.15) is 24.8 Å². The van der Waals surface area contributed by atoms with Crippen LogP contribution < -0.4 is 15.8 Å². The first-order valence-electron chi connectivity index (χ1n) is 8.54. The number of amides is 1. The number of carbonyl (C=O) groups excluding carboxylic acids is 1. The molecule has 1 aliphatic carbocycles. The summed E-state index contributed by atoms with van der Waals surface area (Å²) >= 11 is 0. The van der Waals surface area contributed by atoms with Crippen LogP contribution in [-0.4, -0.2) is 25.9 Å². The number of nitrogens with one attached hydrogen (secondary N) is 2. The minimum atomic E-state index is -3.65. The molecule has 7 nitrogen and oxygen atoms in total. The highest BCUT2D eigenvalue weighted by atomic mass is 32.2. The van der Waals surface area contributed by atoms with Gasteiger partial charge in [-0.1, -0.05) is 18.6 Å². The Morgan fingerprint density at radius 2 is 1.88 bits per heavy atom. The maximum Gasteiger partial charge on any atom is 0.238 e. The van der Waals surface area contributed by atoms with Gasteiger partial charge in [0.05, 0.1) is 16.8 Å².